The van der Waals surface area contributed by atoms with Crippen molar-refractivity contribution < 1.29 is 5.11 Å². The Labute approximate surface area is 116 Å². The lowest BCUT2D eigenvalue weighted by atomic mass is 9.64. The predicted octanol–water partition coefficient (Wildman–Crippen LogP) is 3.37. The summed E-state index contributed by atoms with van der Waals surface area (Å²) in [5.74, 6) is 0.675. The molecule has 2 aliphatic carbocycles. The summed E-state index contributed by atoms with van der Waals surface area (Å²) < 4.78 is 0. The largest absolute Gasteiger partial charge is 0.392 e. The van der Waals surface area contributed by atoms with Crippen LogP contribution in [0.15, 0.2) is 24.3 Å². The van der Waals surface area contributed by atoms with E-state index in [-0.39, 0.29) is 11.5 Å². The van der Waals surface area contributed by atoms with Gasteiger partial charge in [0.1, 0.15) is 0 Å². The van der Waals surface area contributed by atoms with Crippen molar-refractivity contribution >= 4 is 0 Å². The van der Waals surface area contributed by atoms with Crippen molar-refractivity contribution in [3.8, 4) is 0 Å². The topological polar surface area (TPSA) is 32.3 Å². The normalized spacial score (nSPS) is 36.4. The van der Waals surface area contributed by atoms with E-state index in [4.69, 9.17) is 0 Å². The SMILES string of the molecule is CC1CCC(NC2CC(O)C2(C)C)c2ccccc21. The third-order valence-electron chi connectivity index (χ3n) is 5.41. The first kappa shape index (κ1) is 13.1. The van der Waals surface area contributed by atoms with Crippen LogP contribution in [0.5, 0.6) is 0 Å². The lowest BCUT2D eigenvalue weighted by Crippen LogP contribution is -2.60. The van der Waals surface area contributed by atoms with Crippen molar-refractivity contribution in [2.75, 3.05) is 0 Å². The van der Waals surface area contributed by atoms with Crippen LogP contribution >= 0.6 is 0 Å². The zero-order valence-electron chi connectivity index (χ0n) is 12.2. The smallest absolute Gasteiger partial charge is 0.0621 e. The molecule has 0 bridgehead atoms. The molecule has 4 atom stereocenters. The van der Waals surface area contributed by atoms with Gasteiger partial charge in [-0.1, -0.05) is 45.0 Å². The van der Waals surface area contributed by atoms with E-state index < -0.39 is 0 Å². The van der Waals surface area contributed by atoms with Crippen LogP contribution in [0.4, 0.5) is 0 Å². The summed E-state index contributed by atoms with van der Waals surface area (Å²) in [7, 11) is 0. The first-order valence-corrected chi connectivity index (χ1v) is 7.53. The van der Waals surface area contributed by atoms with Crippen molar-refractivity contribution in [1.29, 1.82) is 0 Å². The van der Waals surface area contributed by atoms with Crippen LogP contribution in [-0.2, 0) is 0 Å². The maximum absolute atomic E-state index is 9.87. The minimum Gasteiger partial charge on any atom is -0.392 e. The highest BCUT2D eigenvalue weighted by Gasteiger charge is 2.48. The van der Waals surface area contributed by atoms with Crippen LogP contribution in [0.25, 0.3) is 0 Å². The van der Waals surface area contributed by atoms with Gasteiger partial charge in [0, 0.05) is 17.5 Å². The van der Waals surface area contributed by atoms with E-state index >= 15 is 0 Å². The van der Waals surface area contributed by atoms with Crippen LogP contribution in [0, 0.1) is 5.41 Å². The minimum atomic E-state index is -0.150. The zero-order valence-corrected chi connectivity index (χ0v) is 12.2. The standard InChI is InChI=1S/C17H25NO/c1-11-8-9-14(13-7-5-4-6-12(11)13)18-15-10-16(19)17(15,2)3/h4-7,11,14-16,18-19H,8-10H2,1-3H3. The van der Waals surface area contributed by atoms with E-state index in [0.717, 1.165) is 6.42 Å². The fourth-order valence-corrected chi connectivity index (χ4v) is 3.61. The van der Waals surface area contributed by atoms with Crippen molar-refractivity contribution in [1.82, 2.24) is 5.32 Å². The van der Waals surface area contributed by atoms with Gasteiger partial charge in [0.2, 0.25) is 0 Å². The van der Waals surface area contributed by atoms with Gasteiger partial charge in [-0.15, -0.1) is 0 Å². The summed E-state index contributed by atoms with van der Waals surface area (Å²) >= 11 is 0. The second kappa shape index (κ2) is 4.60. The number of rotatable bonds is 2. The summed E-state index contributed by atoms with van der Waals surface area (Å²) in [4.78, 5) is 0. The molecule has 1 saturated carbocycles. The van der Waals surface area contributed by atoms with E-state index in [2.05, 4.69) is 50.4 Å². The van der Waals surface area contributed by atoms with E-state index in [1.54, 1.807) is 0 Å². The Hall–Kier alpha value is -0.860. The van der Waals surface area contributed by atoms with Gasteiger partial charge < -0.3 is 10.4 Å². The van der Waals surface area contributed by atoms with Crippen LogP contribution < -0.4 is 5.32 Å². The number of fused-ring (bicyclic) bond motifs is 1. The summed E-state index contributed by atoms with van der Waals surface area (Å²) in [6.07, 6.45) is 3.20. The summed E-state index contributed by atoms with van der Waals surface area (Å²) in [6, 6.07) is 9.73. The van der Waals surface area contributed by atoms with Crippen LogP contribution in [0.1, 0.15) is 63.1 Å². The molecule has 2 N–H and O–H groups in total. The van der Waals surface area contributed by atoms with E-state index in [1.807, 2.05) is 0 Å². The van der Waals surface area contributed by atoms with Gasteiger partial charge in [-0.05, 0) is 36.3 Å². The van der Waals surface area contributed by atoms with Crippen LogP contribution in [0.2, 0.25) is 0 Å². The number of aliphatic hydroxyl groups excluding tert-OH is 1. The first-order valence-electron chi connectivity index (χ1n) is 7.53. The molecule has 1 aromatic rings. The second-order valence-electron chi connectivity index (χ2n) is 6.95. The first-order chi connectivity index (χ1) is 9.00. The molecule has 4 unspecified atom stereocenters. The molecule has 0 amide bonds. The Bertz CT molecular complexity index is 468. The van der Waals surface area contributed by atoms with Gasteiger partial charge >= 0.3 is 0 Å². The molecule has 0 saturated heterocycles. The third-order valence-corrected chi connectivity index (χ3v) is 5.41. The van der Waals surface area contributed by atoms with Crippen molar-refractivity contribution in [2.24, 2.45) is 5.41 Å². The predicted molar refractivity (Wildman–Crippen MR) is 78.2 cm³/mol. The van der Waals surface area contributed by atoms with Crippen LogP contribution in [-0.4, -0.2) is 17.3 Å². The zero-order chi connectivity index (χ0) is 13.6. The van der Waals surface area contributed by atoms with Gasteiger partial charge in [-0.2, -0.15) is 0 Å². The lowest BCUT2D eigenvalue weighted by Gasteiger charge is -2.51. The molecule has 1 aromatic carbocycles. The van der Waals surface area contributed by atoms with Gasteiger partial charge in [-0.3, -0.25) is 0 Å². The third kappa shape index (κ3) is 2.11. The Kier molecular flexibility index (Phi) is 3.18. The Morgan fingerprint density at radius 1 is 1.16 bits per heavy atom. The molecule has 0 heterocycles. The molecular formula is C17H25NO. The van der Waals surface area contributed by atoms with Gasteiger partial charge in [0.15, 0.2) is 0 Å². The molecule has 0 spiro atoms. The monoisotopic (exact) mass is 259 g/mol. The van der Waals surface area contributed by atoms with Crippen molar-refractivity contribution in [3.05, 3.63) is 35.4 Å². The highest BCUT2D eigenvalue weighted by atomic mass is 16.3. The molecule has 2 aliphatic rings. The van der Waals surface area contributed by atoms with Crippen LogP contribution in [0.3, 0.4) is 0 Å². The van der Waals surface area contributed by atoms with Gasteiger partial charge in [-0.25, -0.2) is 0 Å². The van der Waals surface area contributed by atoms with Gasteiger partial charge in [0.05, 0.1) is 6.10 Å². The van der Waals surface area contributed by atoms with Crippen molar-refractivity contribution in [3.63, 3.8) is 0 Å². The average molecular weight is 259 g/mol. The van der Waals surface area contributed by atoms with Crippen molar-refractivity contribution in [2.45, 2.75) is 64.1 Å². The number of nitrogens with one attached hydrogen (secondary N) is 1. The lowest BCUT2D eigenvalue weighted by molar-refractivity contribution is -0.0767. The molecule has 1 fully saturated rings. The Morgan fingerprint density at radius 2 is 1.84 bits per heavy atom. The number of hydrogen-bond donors (Lipinski definition) is 2. The molecule has 3 rings (SSSR count). The minimum absolute atomic E-state index is 0.0119. The molecule has 2 nitrogen and oxygen atoms in total. The molecular weight excluding hydrogens is 234 g/mol. The molecule has 19 heavy (non-hydrogen) atoms. The molecule has 2 heteroatoms. The number of hydrogen-bond acceptors (Lipinski definition) is 2. The fraction of sp³-hybridized carbons (Fsp3) is 0.647. The summed E-state index contributed by atoms with van der Waals surface area (Å²) in [5, 5.41) is 13.7. The maximum Gasteiger partial charge on any atom is 0.0621 e. The second-order valence-corrected chi connectivity index (χ2v) is 6.95. The number of benzene rings is 1. The fourth-order valence-electron chi connectivity index (χ4n) is 3.61. The van der Waals surface area contributed by atoms with Gasteiger partial charge in [0.25, 0.3) is 0 Å². The quantitative estimate of drug-likeness (QED) is 0.853. The highest BCUT2D eigenvalue weighted by Crippen LogP contribution is 2.44. The molecule has 104 valence electrons. The molecule has 0 radical (unpaired) electrons. The summed E-state index contributed by atoms with van der Waals surface area (Å²) in [5.41, 5.74) is 2.99. The van der Waals surface area contributed by atoms with E-state index in [1.165, 1.54) is 24.0 Å². The Balaban J connectivity index is 1.79. The average Bonchev–Trinajstić information content (AvgIpc) is 2.41. The maximum atomic E-state index is 9.87. The summed E-state index contributed by atoms with van der Waals surface area (Å²) in [6.45, 7) is 6.65. The van der Waals surface area contributed by atoms with E-state index in [9.17, 15) is 5.11 Å². The molecule has 0 aliphatic heterocycles. The van der Waals surface area contributed by atoms with E-state index in [0.29, 0.717) is 18.0 Å². The Morgan fingerprint density at radius 3 is 2.47 bits per heavy atom. The molecule has 0 aromatic heterocycles. The number of aliphatic hydroxyl groups is 1. The highest BCUT2D eigenvalue weighted by molar-refractivity contribution is 5.35.